The van der Waals surface area contributed by atoms with Crippen LogP contribution in [0.25, 0.3) is 10.9 Å². The first kappa shape index (κ1) is 23.0. The molecule has 4 rings (SSSR count). The van der Waals surface area contributed by atoms with Crippen LogP contribution in [-0.4, -0.2) is 46.5 Å². The Morgan fingerprint density at radius 2 is 1.94 bits per heavy atom. The number of pyridine rings is 1. The third-order valence-corrected chi connectivity index (χ3v) is 6.09. The Kier molecular flexibility index (Phi) is 6.29. The minimum Gasteiger partial charge on any atom is -0.396 e. The zero-order valence-electron chi connectivity index (χ0n) is 18.4. The van der Waals surface area contributed by atoms with Crippen molar-refractivity contribution >= 4 is 28.2 Å². The van der Waals surface area contributed by atoms with Crippen LogP contribution in [0.4, 0.5) is 24.5 Å². The van der Waals surface area contributed by atoms with E-state index in [1.54, 1.807) is 11.0 Å². The van der Waals surface area contributed by atoms with Crippen molar-refractivity contribution in [2.45, 2.75) is 37.9 Å². The van der Waals surface area contributed by atoms with Crippen molar-refractivity contribution in [3.8, 4) is 0 Å². The smallest absolute Gasteiger partial charge is 0.396 e. The second-order valence-corrected chi connectivity index (χ2v) is 8.65. The van der Waals surface area contributed by atoms with Crippen LogP contribution in [0, 0.1) is 5.92 Å². The van der Waals surface area contributed by atoms with Crippen molar-refractivity contribution in [3.63, 3.8) is 0 Å². The Hall–Kier alpha value is -3.14. The largest absolute Gasteiger partial charge is 0.433 e. The van der Waals surface area contributed by atoms with Gasteiger partial charge >= 0.3 is 6.18 Å². The molecule has 0 unspecified atom stereocenters. The highest BCUT2D eigenvalue weighted by Gasteiger charge is 2.33. The van der Waals surface area contributed by atoms with Crippen LogP contribution < -0.4 is 10.2 Å². The van der Waals surface area contributed by atoms with E-state index >= 15 is 0 Å². The van der Waals surface area contributed by atoms with Gasteiger partial charge in [-0.1, -0.05) is 6.07 Å². The number of aliphatic hydroxyl groups is 1. The SMILES string of the molecule is CN(C)c1cc2nn(C3CCC(CO)CC3)cc2cc1NC(=O)c1cccc(C(F)(F)F)n1. The minimum atomic E-state index is -4.63. The Morgan fingerprint density at radius 1 is 1.21 bits per heavy atom. The number of rotatable bonds is 5. The molecule has 1 aliphatic carbocycles. The Morgan fingerprint density at radius 3 is 2.58 bits per heavy atom. The van der Waals surface area contributed by atoms with Crippen LogP contribution in [0.1, 0.15) is 47.9 Å². The molecule has 1 amide bonds. The number of hydrogen-bond acceptors (Lipinski definition) is 5. The van der Waals surface area contributed by atoms with Gasteiger partial charge in [0.1, 0.15) is 11.4 Å². The summed E-state index contributed by atoms with van der Waals surface area (Å²) >= 11 is 0. The van der Waals surface area contributed by atoms with Crippen molar-refractivity contribution in [2.24, 2.45) is 5.92 Å². The normalized spacial score (nSPS) is 19.0. The summed E-state index contributed by atoms with van der Waals surface area (Å²) < 4.78 is 40.9. The highest BCUT2D eigenvalue weighted by atomic mass is 19.4. The van der Waals surface area contributed by atoms with Gasteiger partial charge in [-0.15, -0.1) is 0 Å². The van der Waals surface area contributed by atoms with E-state index in [1.165, 1.54) is 6.07 Å². The molecular formula is C23H26F3N5O2. The van der Waals surface area contributed by atoms with Crippen LogP contribution >= 0.6 is 0 Å². The lowest BCUT2D eigenvalue weighted by Crippen LogP contribution is -2.20. The van der Waals surface area contributed by atoms with E-state index < -0.39 is 17.8 Å². The molecular weight excluding hydrogens is 435 g/mol. The van der Waals surface area contributed by atoms with Gasteiger partial charge in [-0.05, 0) is 55.9 Å². The Balaban J connectivity index is 1.62. The molecule has 0 aliphatic heterocycles. The van der Waals surface area contributed by atoms with Crippen molar-refractivity contribution in [1.29, 1.82) is 0 Å². The maximum atomic E-state index is 13.0. The number of hydrogen-bond donors (Lipinski definition) is 2. The predicted octanol–water partition coefficient (Wildman–Crippen LogP) is 4.49. The summed E-state index contributed by atoms with van der Waals surface area (Å²) in [6.45, 7) is 0.212. The fourth-order valence-corrected chi connectivity index (χ4v) is 4.23. The number of carbonyl (C=O) groups excluding carboxylic acids is 1. The lowest BCUT2D eigenvalue weighted by atomic mass is 9.87. The minimum absolute atomic E-state index is 0.212. The number of nitrogens with one attached hydrogen (secondary N) is 1. The molecule has 2 heterocycles. The summed E-state index contributed by atoms with van der Waals surface area (Å²) in [5.41, 5.74) is 0.470. The number of carbonyl (C=O) groups is 1. The van der Waals surface area contributed by atoms with Crippen molar-refractivity contribution in [3.05, 3.63) is 47.9 Å². The van der Waals surface area contributed by atoms with E-state index in [0.717, 1.165) is 48.7 Å². The van der Waals surface area contributed by atoms with Crippen LogP contribution in [0.15, 0.2) is 36.5 Å². The van der Waals surface area contributed by atoms with E-state index in [-0.39, 0.29) is 18.3 Å². The average molecular weight is 461 g/mol. The van der Waals surface area contributed by atoms with E-state index in [2.05, 4.69) is 10.3 Å². The van der Waals surface area contributed by atoms with Crippen molar-refractivity contribution < 1.29 is 23.1 Å². The third kappa shape index (κ3) is 4.95. The monoisotopic (exact) mass is 461 g/mol. The van der Waals surface area contributed by atoms with Gasteiger partial charge in [0.15, 0.2) is 0 Å². The number of fused-ring (bicyclic) bond motifs is 1. The number of amides is 1. The number of anilines is 2. The van der Waals surface area contributed by atoms with Crippen molar-refractivity contribution in [2.75, 3.05) is 30.9 Å². The summed E-state index contributed by atoms with van der Waals surface area (Å²) in [5, 5.41) is 17.6. The maximum absolute atomic E-state index is 13.0. The van der Waals surface area contributed by atoms with E-state index in [9.17, 15) is 23.1 Å². The standard InChI is InChI=1S/C23H26F3N5O2/c1-30(2)20-11-18-15(12-31(29-18)16-8-6-14(13-32)7-9-16)10-19(20)28-22(33)17-4-3-5-21(27-17)23(24,25)26/h3-5,10-12,14,16,32H,6-9,13H2,1-2H3,(H,28,33). The molecule has 0 bridgehead atoms. The first-order valence-electron chi connectivity index (χ1n) is 10.8. The molecule has 176 valence electrons. The molecule has 7 nitrogen and oxygen atoms in total. The molecule has 1 aromatic carbocycles. The number of aromatic nitrogens is 3. The second kappa shape index (κ2) is 9.01. The molecule has 2 N–H and O–H groups in total. The quantitative estimate of drug-likeness (QED) is 0.585. The van der Waals surface area contributed by atoms with Gasteiger partial charge in [0.25, 0.3) is 5.91 Å². The van der Waals surface area contributed by atoms with E-state index in [1.807, 2.05) is 31.0 Å². The van der Waals surface area contributed by atoms with Gasteiger partial charge in [0.2, 0.25) is 0 Å². The fourth-order valence-electron chi connectivity index (χ4n) is 4.23. The van der Waals surface area contributed by atoms with Gasteiger partial charge < -0.3 is 15.3 Å². The first-order chi connectivity index (χ1) is 15.7. The summed E-state index contributed by atoms with van der Waals surface area (Å²) in [4.78, 5) is 18.0. The molecule has 0 spiro atoms. The zero-order valence-corrected chi connectivity index (χ0v) is 18.4. The first-order valence-corrected chi connectivity index (χ1v) is 10.8. The van der Waals surface area contributed by atoms with Crippen LogP contribution in [0.5, 0.6) is 0 Å². The summed E-state index contributed by atoms with van der Waals surface area (Å²) in [7, 11) is 3.62. The second-order valence-electron chi connectivity index (χ2n) is 8.65. The van der Waals surface area contributed by atoms with Gasteiger partial charge in [0.05, 0.1) is 22.9 Å². The highest BCUT2D eigenvalue weighted by molar-refractivity contribution is 6.06. The molecule has 33 heavy (non-hydrogen) atoms. The van der Waals surface area contributed by atoms with Crippen LogP contribution in [0.2, 0.25) is 0 Å². The molecule has 0 saturated heterocycles. The number of halogens is 3. The topological polar surface area (TPSA) is 83.3 Å². The number of benzene rings is 1. The summed E-state index contributed by atoms with van der Waals surface area (Å²) in [6.07, 6.45) is 1.07. The number of nitrogens with zero attached hydrogens (tertiary/aromatic N) is 4. The zero-order chi connectivity index (χ0) is 23.8. The number of aliphatic hydroxyl groups excluding tert-OH is 1. The van der Waals surface area contributed by atoms with Gasteiger partial charge in [-0.2, -0.15) is 18.3 Å². The van der Waals surface area contributed by atoms with Crippen LogP contribution in [-0.2, 0) is 6.18 Å². The maximum Gasteiger partial charge on any atom is 0.433 e. The molecule has 2 aromatic heterocycles. The molecule has 3 aromatic rings. The molecule has 1 saturated carbocycles. The molecule has 10 heteroatoms. The lowest BCUT2D eigenvalue weighted by Gasteiger charge is -2.27. The van der Waals surface area contributed by atoms with Crippen LogP contribution in [0.3, 0.4) is 0 Å². The van der Waals surface area contributed by atoms with Crippen molar-refractivity contribution in [1.82, 2.24) is 14.8 Å². The van der Waals surface area contributed by atoms with Gasteiger partial charge in [0, 0.05) is 32.3 Å². The molecule has 1 aliphatic rings. The third-order valence-electron chi connectivity index (χ3n) is 6.09. The molecule has 1 fully saturated rings. The summed E-state index contributed by atoms with van der Waals surface area (Å²) in [6, 6.07) is 7.11. The van der Waals surface area contributed by atoms with Gasteiger partial charge in [-0.25, -0.2) is 4.98 Å². The Labute approximate surface area is 189 Å². The molecule has 0 radical (unpaired) electrons. The predicted molar refractivity (Wildman–Crippen MR) is 119 cm³/mol. The Bertz CT molecular complexity index is 1150. The van der Waals surface area contributed by atoms with Gasteiger partial charge in [-0.3, -0.25) is 9.48 Å². The number of alkyl halides is 3. The van der Waals surface area contributed by atoms with E-state index in [0.29, 0.717) is 17.3 Å². The average Bonchev–Trinajstić information content (AvgIpc) is 3.21. The fraction of sp³-hybridized carbons (Fsp3) is 0.435. The summed E-state index contributed by atoms with van der Waals surface area (Å²) in [5.74, 6) is -0.379. The lowest BCUT2D eigenvalue weighted by molar-refractivity contribution is -0.141. The van der Waals surface area contributed by atoms with E-state index in [4.69, 9.17) is 5.10 Å². The highest BCUT2D eigenvalue weighted by Crippen LogP contribution is 2.35. The molecule has 0 atom stereocenters.